The topological polar surface area (TPSA) is 88.2 Å². The lowest BCUT2D eigenvalue weighted by Crippen LogP contribution is -2.62. The first-order chi connectivity index (χ1) is 14.8. The van der Waals surface area contributed by atoms with Gasteiger partial charge in [0, 0.05) is 25.7 Å². The molecule has 0 saturated carbocycles. The van der Waals surface area contributed by atoms with Crippen molar-refractivity contribution in [1.29, 1.82) is 0 Å². The molecular formula is C24H37N3O5. The molecule has 1 heterocycles. The van der Waals surface area contributed by atoms with Crippen molar-refractivity contribution >= 4 is 18.1 Å². The Hall–Kier alpha value is -2.77. The molecule has 8 nitrogen and oxygen atoms in total. The van der Waals surface area contributed by atoms with E-state index in [1.807, 2.05) is 78.8 Å². The summed E-state index contributed by atoms with van der Waals surface area (Å²) in [5.41, 5.74) is -0.229. The van der Waals surface area contributed by atoms with Crippen molar-refractivity contribution in [3.8, 4) is 0 Å². The van der Waals surface area contributed by atoms with Gasteiger partial charge in [-0.05, 0) is 38.7 Å². The summed E-state index contributed by atoms with van der Waals surface area (Å²) in [6, 6.07) is 8.39. The van der Waals surface area contributed by atoms with Crippen LogP contribution in [0.5, 0.6) is 0 Å². The van der Waals surface area contributed by atoms with E-state index in [1.165, 1.54) is 0 Å². The predicted molar refractivity (Wildman–Crippen MR) is 122 cm³/mol. The Labute approximate surface area is 191 Å². The van der Waals surface area contributed by atoms with Crippen LogP contribution in [0.1, 0.15) is 54.0 Å². The summed E-state index contributed by atoms with van der Waals surface area (Å²) in [5.74, 6) is -0.189. The molecule has 1 aromatic carbocycles. The lowest BCUT2D eigenvalue weighted by Gasteiger charge is -2.43. The van der Waals surface area contributed by atoms with E-state index in [0.29, 0.717) is 19.6 Å². The number of hydrogen-bond acceptors (Lipinski definition) is 5. The van der Waals surface area contributed by atoms with Crippen molar-refractivity contribution in [2.75, 3.05) is 19.6 Å². The van der Waals surface area contributed by atoms with Crippen LogP contribution in [-0.2, 0) is 20.9 Å². The molecule has 0 aliphatic carbocycles. The molecule has 3 amide bonds. The number of alkyl carbamates (subject to hydrolysis) is 1. The molecule has 0 bridgehead atoms. The van der Waals surface area contributed by atoms with E-state index >= 15 is 0 Å². The first kappa shape index (κ1) is 25.5. The van der Waals surface area contributed by atoms with Crippen molar-refractivity contribution in [3.05, 3.63) is 35.9 Å². The number of piperazine rings is 1. The summed E-state index contributed by atoms with van der Waals surface area (Å²) in [6.45, 7) is 14.3. The number of hydrogen-bond donors (Lipinski definition) is 1. The minimum atomic E-state index is -0.763. The highest BCUT2D eigenvalue weighted by Crippen LogP contribution is 2.24. The Kier molecular flexibility index (Phi) is 8.15. The normalized spacial score (nSPS) is 18.0. The van der Waals surface area contributed by atoms with Crippen LogP contribution in [0.15, 0.2) is 30.3 Å². The van der Waals surface area contributed by atoms with Gasteiger partial charge in [0.25, 0.3) is 0 Å². The second kappa shape index (κ2) is 10.2. The van der Waals surface area contributed by atoms with Crippen molar-refractivity contribution in [1.82, 2.24) is 15.1 Å². The zero-order valence-electron chi connectivity index (χ0n) is 20.3. The van der Waals surface area contributed by atoms with Gasteiger partial charge < -0.3 is 24.6 Å². The molecular weight excluding hydrogens is 410 g/mol. The number of carbonyl (C=O) groups is 3. The Morgan fingerprint density at radius 1 is 1.06 bits per heavy atom. The van der Waals surface area contributed by atoms with Crippen LogP contribution >= 0.6 is 0 Å². The molecule has 0 radical (unpaired) electrons. The molecule has 178 valence electrons. The number of carbonyl (C=O) groups excluding carboxylic acids is 3. The van der Waals surface area contributed by atoms with Gasteiger partial charge in [0.2, 0.25) is 5.91 Å². The highest BCUT2D eigenvalue weighted by molar-refractivity contribution is 5.87. The van der Waals surface area contributed by atoms with E-state index < -0.39 is 23.2 Å². The van der Waals surface area contributed by atoms with Crippen molar-refractivity contribution in [3.63, 3.8) is 0 Å². The minimum Gasteiger partial charge on any atom is -0.445 e. The fourth-order valence-electron chi connectivity index (χ4n) is 3.47. The number of ether oxygens (including phenoxy) is 2. The lowest BCUT2D eigenvalue weighted by atomic mass is 9.85. The van der Waals surface area contributed by atoms with Gasteiger partial charge >= 0.3 is 12.2 Å². The van der Waals surface area contributed by atoms with Crippen LogP contribution < -0.4 is 5.32 Å². The van der Waals surface area contributed by atoms with Gasteiger partial charge in [-0.15, -0.1) is 0 Å². The summed E-state index contributed by atoms with van der Waals surface area (Å²) in [4.78, 5) is 41.6. The largest absolute Gasteiger partial charge is 0.445 e. The molecule has 8 heteroatoms. The fraction of sp³-hybridized carbons (Fsp3) is 0.625. The van der Waals surface area contributed by atoms with Gasteiger partial charge in [-0.25, -0.2) is 9.59 Å². The maximum atomic E-state index is 13.4. The van der Waals surface area contributed by atoms with Gasteiger partial charge in [-0.1, -0.05) is 51.1 Å². The SMILES string of the molecule is CC1CN(C(=O)OC(C)(C)C)CCN1C(=O)[C@@H](NC(=O)OCc1ccccc1)C(C)(C)C. The zero-order chi connectivity index (χ0) is 24.1. The number of nitrogens with one attached hydrogen (secondary N) is 1. The van der Waals surface area contributed by atoms with Crippen LogP contribution in [0, 0.1) is 5.41 Å². The highest BCUT2D eigenvalue weighted by atomic mass is 16.6. The van der Waals surface area contributed by atoms with Crippen LogP contribution in [0.4, 0.5) is 9.59 Å². The van der Waals surface area contributed by atoms with E-state index in [9.17, 15) is 14.4 Å². The summed E-state index contributed by atoms with van der Waals surface area (Å²) in [6.07, 6.45) is -1.02. The average molecular weight is 448 g/mol. The lowest BCUT2D eigenvalue weighted by molar-refractivity contribution is -0.140. The summed E-state index contributed by atoms with van der Waals surface area (Å²) < 4.78 is 10.8. The van der Waals surface area contributed by atoms with Gasteiger partial charge in [-0.3, -0.25) is 4.79 Å². The van der Waals surface area contributed by atoms with Gasteiger partial charge in [0.15, 0.2) is 0 Å². The molecule has 0 aromatic heterocycles. The van der Waals surface area contributed by atoms with Gasteiger partial charge in [-0.2, -0.15) is 0 Å². The highest BCUT2D eigenvalue weighted by Gasteiger charge is 2.40. The summed E-state index contributed by atoms with van der Waals surface area (Å²) >= 11 is 0. The number of amides is 3. The molecule has 2 atom stereocenters. The van der Waals surface area contributed by atoms with E-state index in [2.05, 4.69) is 5.32 Å². The second-order valence-corrected chi connectivity index (χ2v) is 10.3. The third kappa shape index (κ3) is 7.43. The van der Waals surface area contributed by atoms with Crippen molar-refractivity contribution < 1.29 is 23.9 Å². The Balaban J connectivity index is 2.00. The van der Waals surface area contributed by atoms with E-state index in [1.54, 1.807) is 9.80 Å². The molecule has 32 heavy (non-hydrogen) atoms. The smallest absolute Gasteiger partial charge is 0.410 e. The number of rotatable bonds is 4. The third-order valence-electron chi connectivity index (χ3n) is 5.15. The first-order valence-corrected chi connectivity index (χ1v) is 11.0. The zero-order valence-corrected chi connectivity index (χ0v) is 20.3. The molecule has 1 aliphatic heterocycles. The van der Waals surface area contributed by atoms with E-state index in [-0.39, 0.29) is 24.6 Å². The maximum absolute atomic E-state index is 13.4. The molecule has 1 unspecified atom stereocenters. The molecule has 1 saturated heterocycles. The Bertz CT molecular complexity index is 798. The molecule has 1 fully saturated rings. The van der Waals surface area contributed by atoms with Crippen LogP contribution in [-0.4, -0.2) is 65.2 Å². The Morgan fingerprint density at radius 2 is 1.69 bits per heavy atom. The van der Waals surface area contributed by atoms with Crippen molar-refractivity contribution in [2.24, 2.45) is 5.41 Å². The fourth-order valence-corrected chi connectivity index (χ4v) is 3.47. The number of benzene rings is 1. The second-order valence-electron chi connectivity index (χ2n) is 10.3. The third-order valence-corrected chi connectivity index (χ3v) is 5.15. The van der Waals surface area contributed by atoms with Crippen LogP contribution in [0.3, 0.4) is 0 Å². The molecule has 1 N–H and O–H groups in total. The summed E-state index contributed by atoms with van der Waals surface area (Å²) in [7, 11) is 0. The Morgan fingerprint density at radius 3 is 2.22 bits per heavy atom. The minimum absolute atomic E-state index is 0.128. The summed E-state index contributed by atoms with van der Waals surface area (Å²) in [5, 5.41) is 2.75. The van der Waals surface area contributed by atoms with Crippen molar-refractivity contribution in [2.45, 2.75) is 72.8 Å². The molecule has 1 aliphatic rings. The predicted octanol–water partition coefficient (Wildman–Crippen LogP) is 3.80. The monoisotopic (exact) mass is 447 g/mol. The van der Waals surface area contributed by atoms with Crippen LogP contribution in [0.2, 0.25) is 0 Å². The van der Waals surface area contributed by atoms with E-state index in [0.717, 1.165) is 5.56 Å². The molecule has 2 rings (SSSR count). The average Bonchev–Trinajstić information content (AvgIpc) is 2.68. The maximum Gasteiger partial charge on any atom is 0.410 e. The van der Waals surface area contributed by atoms with Gasteiger partial charge in [0.05, 0.1) is 0 Å². The van der Waals surface area contributed by atoms with E-state index in [4.69, 9.17) is 9.47 Å². The molecule has 0 spiro atoms. The quantitative estimate of drug-likeness (QED) is 0.759. The standard InChI is InChI=1S/C24H37N3O5/c1-17-15-26(22(30)32-24(5,6)7)13-14-27(17)20(28)19(23(2,3)4)25-21(29)31-16-18-11-9-8-10-12-18/h8-12,17,19H,13-16H2,1-7H3,(H,25,29)/t17?,19-/m1/s1. The number of nitrogens with zero attached hydrogens (tertiary/aromatic N) is 2. The van der Waals surface area contributed by atoms with Gasteiger partial charge in [0.1, 0.15) is 18.2 Å². The first-order valence-electron chi connectivity index (χ1n) is 11.0. The molecule has 1 aromatic rings. The van der Waals surface area contributed by atoms with Crippen LogP contribution in [0.25, 0.3) is 0 Å².